The minimum Gasteiger partial charge on any atom is -0.444 e. The van der Waals surface area contributed by atoms with Crippen molar-refractivity contribution >= 4 is 35.6 Å². The molecule has 5 N–H and O–H groups in total. The highest BCUT2D eigenvalue weighted by atomic mass is 32.2. The van der Waals surface area contributed by atoms with E-state index in [-0.39, 0.29) is 12.3 Å². The molecule has 0 spiro atoms. The molecule has 10 heteroatoms. The van der Waals surface area contributed by atoms with E-state index >= 15 is 0 Å². The number of nitrogens with two attached hydrogens (primary N) is 1. The highest BCUT2D eigenvalue weighted by Gasteiger charge is 2.30. The molecule has 0 saturated carbocycles. The normalized spacial score (nSPS) is 13.9. The number of rotatable bonds is 13. The lowest BCUT2D eigenvalue weighted by Gasteiger charge is -2.27. The molecular formula is C25H40N4O5S. The summed E-state index contributed by atoms with van der Waals surface area (Å²) in [5.41, 5.74) is 5.55. The third kappa shape index (κ3) is 12.5. The standard InChI is InChI=1S/C25H40N4O5S/c1-16(2)14-19(22(31)27-18(21(26)30)12-13-35-6)28-23(32)20(15-17-10-8-7-9-11-17)29-24(33)34-25(3,4)5/h7-11,16,18-20H,12-15H2,1-6H3,(H2,26,30)(H,27,31)(H,28,32)(H,29,33)/t18-,19-,20+/m0/s1. The fourth-order valence-corrected chi connectivity index (χ4v) is 3.75. The van der Waals surface area contributed by atoms with Crippen LogP contribution in [0.25, 0.3) is 0 Å². The number of benzene rings is 1. The molecule has 196 valence electrons. The lowest BCUT2D eigenvalue weighted by Crippen LogP contribution is -2.57. The van der Waals surface area contributed by atoms with Crippen LogP contribution in [0.3, 0.4) is 0 Å². The van der Waals surface area contributed by atoms with E-state index in [2.05, 4.69) is 16.0 Å². The third-order valence-electron chi connectivity index (χ3n) is 4.90. The number of primary amides is 1. The van der Waals surface area contributed by atoms with Gasteiger partial charge in [0.1, 0.15) is 23.7 Å². The lowest BCUT2D eigenvalue weighted by atomic mass is 10.0. The van der Waals surface area contributed by atoms with Crippen molar-refractivity contribution < 1.29 is 23.9 Å². The fourth-order valence-electron chi connectivity index (χ4n) is 3.28. The second kappa shape index (κ2) is 14.6. The van der Waals surface area contributed by atoms with E-state index in [1.54, 1.807) is 20.8 Å². The molecule has 3 atom stereocenters. The molecule has 9 nitrogen and oxygen atoms in total. The number of hydrogen-bond donors (Lipinski definition) is 4. The van der Waals surface area contributed by atoms with Gasteiger partial charge in [0.05, 0.1) is 0 Å². The maximum atomic E-state index is 13.3. The van der Waals surface area contributed by atoms with Crippen molar-refractivity contribution in [3.05, 3.63) is 35.9 Å². The molecule has 0 aliphatic heterocycles. The highest BCUT2D eigenvalue weighted by Crippen LogP contribution is 2.11. The van der Waals surface area contributed by atoms with Crippen molar-refractivity contribution in [1.29, 1.82) is 0 Å². The number of amides is 4. The largest absolute Gasteiger partial charge is 0.444 e. The molecule has 0 bridgehead atoms. The van der Waals surface area contributed by atoms with Crippen LogP contribution >= 0.6 is 11.8 Å². The number of hydrogen-bond acceptors (Lipinski definition) is 6. The van der Waals surface area contributed by atoms with E-state index < -0.39 is 47.5 Å². The Labute approximate surface area is 212 Å². The molecule has 1 rings (SSSR count). The molecule has 0 saturated heterocycles. The van der Waals surface area contributed by atoms with Gasteiger partial charge in [-0.2, -0.15) is 11.8 Å². The van der Waals surface area contributed by atoms with E-state index in [1.165, 1.54) is 11.8 Å². The van der Waals surface area contributed by atoms with Crippen LogP contribution in [-0.2, 0) is 25.5 Å². The van der Waals surface area contributed by atoms with Crippen molar-refractivity contribution in [3.63, 3.8) is 0 Å². The van der Waals surface area contributed by atoms with Crippen molar-refractivity contribution in [2.24, 2.45) is 11.7 Å². The maximum absolute atomic E-state index is 13.3. The van der Waals surface area contributed by atoms with Crippen LogP contribution in [0.2, 0.25) is 0 Å². The summed E-state index contributed by atoms with van der Waals surface area (Å²) < 4.78 is 5.33. The van der Waals surface area contributed by atoms with Crippen LogP contribution in [-0.4, -0.2) is 59.5 Å². The van der Waals surface area contributed by atoms with Crippen molar-refractivity contribution in [2.75, 3.05) is 12.0 Å². The molecule has 0 heterocycles. The van der Waals surface area contributed by atoms with Crippen molar-refractivity contribution in [1.82, 2.24) is 16.0 Å². The van der Waals surface area contributed by atoms with Gasteiger partial charge in [-0.3, -0.25) is 14.4 Å². The summed E-state index contributed by atoms with van der Waals surface area (Å²) in [4.78, 5) is 50.6. The molecule has 35 heavy (non-hydrogen) atoms. The Bertz CT molecular complexity index is 842. The van der Waals surface area contributed by atoms with Crippen LogP contribution in [0.4, 0.5) is 4.79 Å². The second-order valence-electron chi connectivity index (χ2n) is 9.82. The minimum absolute atomic E-state index is 0.0793. The van der Waals surface area contributed by atoms with Crippen LogP contribution in [0.15, 0.2) is 30.3 Å². The first-order valence-electron chi connectivity index (χ1n) is 11.7. The first kappa shape index (κ1) is 30.3. The topological polar surface area (TPSA) is 140 Å². The van der Waals surface area contributed by atoms with Crippen molar-refractivity contribution in [2.45, 2.75) is 77.6 Å². The quantitative estimate of drug-likeness (QED) is 0.323. The maximum Gasteiger partial charge on any atom is 0.408 e. The van der Waals surface area contributed by atoms with Gasteiger partial charge in [-0.05, 0) is 57.1 Å². The van der Waals surface area contributed by atoms with Crippen LogP contribution < -0.4 is 21.7 Å². The van der Waals surface area contributed by atoms with E-state index in [9.17, 15) is 19.2 Å². The molecule has 0 aromatic heterocycles. The van der Waals surface area contributed by atoms with Gasteiger partial charge in [-0.1, -0.05) is 44.2 Å². The highest BCUT2D eigenvalue weighted by molar-refractivity contribution is 7.98. The Morgan fingerprint density at radius 3 is 2.03 bits per heavy atom. The zero-order chi connectivity index (χ0) is 26.6. The minimum atomic E-state index is -0.974. The summed E-state index contributed by atoms with van der Waals surface area (Å²) in [6.45, 7) is 9.04. The second-order valence-corrected chi connectivity index (χ2v) is 10.8. The monoisotopic (exact) mass is 508 g/mol. The third-order valence-corrected chi connectivity index (χ3v) is 5.54. The Kier molecular flexibility index (Phi) is 12.6. The molecule has 0 aliphatic carbocycles. The zero-order valence-corrected chi connectivity index (χ0v) is 22.4. The number of ether oxygens (including phenoxy) is 1. The molecule has 0 radical (unpaired) electrons. The average molecular weight is 509 g/mol. The summed E-state index contributed by atoms with van der Waals surface area (Å²) in [5.74, 6) is -0.923. The summed E-state index contributed by atoms with van der Waals surface area (Å²) in [7, 11) is 0. The smallest absolute Gasteiger partial charge is 0.408 e. The van der Waals surface area contributed by atoms with Gasteiger partial charge in [-0.15, -0.1) is 0 Å². The predicted molar refractivity (Wildman–Crippen MR) is 139 cm³/mol. The Morgan fingerprint density at radius 1 is 0.943 bits per heavy atom. The van der Waals surface area contributed by atoms with Crippen LogP contribution in [0.5, 0.6) is 0 Å². The van der Waals surface area contributed by atoms with Gasteiger partial charge in [0.25, 0.3) is 0 Å². The Morgan fingerprint density at radius 2 is 1.51 bits per heavy atom. The Balaban J connectivity index is 3.06. The first-order chi connectivity index (χ1) is 16.3. The Hall–Kier alpha value is -2.75. The van der Waals surface area contributed by atoms with E-state index in [0.29, 0.717) is 18.6 Å². The van der Waals surface area contributed by atoms with Gasteiger partial charge in [-0.25, -0.2) is 4.79 Å². The number of carbonyl (C=O) groups excluding carboxylic acids is 4. The molecule has 0 aliphatic rings. The van der Waals surface area contributed by atoms with Gasteiger partial charge in [0.2, 0.25) is 17.7 Å². The predicted octanol–water partition coefficient (Wildman–Crippen LogP) is 2.38. The fraction of sp³-hybridized carbons (Fsp3) is 0.600. The average Bonchev–Trinajstić information content (AvgIpc) is 2.74. The summed E-state index contributed by atoms with van der Waals surface area (Å²) in [6.07, 6.45) is 2.10. The molecule has 1 aromatic rings. The summed E-state index contributed by atoms with van der Waals surface area (Å²) >= 11 is 1.54. The zero-order valence-electron chi connectivity index (χ0n) is 21.6. The number of thioether (sulfide) groups is 1. The number of alkyl carbamates (subject to hydrolysis) is 1. The molecular weight excluding hydrogens is 468 g/mol. The molecule has 0 unspecified atom stereocenters. The molecule has 0 fully saturated rings. The lowest BCUT2D eigenvalue weighted by molar-refractivity contribution is -0.132. The van der Waals surface area contributed by atoms with E-state index in [1.807, 2.05) is 50.4 Å². The van der Waals surface area contributed by atoms with Crippen LogP contribution in [0, 0.1) is 5.92 Å². The number of nitrogens with one attached hydrogen (secondary N) is 3. The summed E-state index contributed by atoms with van der Waals surface area (Å²) in [6, 6.07) is 6.51. The number of carbonyl (C=O) groups is 4. The van der Waals surface area contributed by atoms with Crippen molar-refractivity contribution in [3.8, 4) is 0 Å². The van der Waals surface area contributed by atoms with E-state index in [0.717, 1.165) is 5.56 Å². The SMILES string of the molecule is CSCC[C@H](NC(=O)[C@H](CC(C)C)NC(=O)[C@@H](Cc1ccccc1)NC(=O)OC(C)(C)C)C(N)=O. The van der Waals surface area contributed by atoms with Crippen LogP contribution in [0.1, 0.15) is 53.0 Å². The van der Waals surface area contributed by atoms with Gasteiger partial charge < -0.3 is 26.4 Å². The van der Waals surface area contributed by atoms with Gasteiger partial charge in [0.15, 0.2) is 0 Å². The summed E-state index contributed by atoms with van der Waals surface area (Å²) in [5, 5.41) is 8.05. The molecule has 1 aromatic carbocycles. The van der Waals surface area contributed by atoms with Gasteiger partial charge >= 0.3 is 6.09 Å². The first-order valence-corrected chi connectivity index (χ1v) is 13.1. The van der Waals surface area contributed by atoms with E-state index in [4.69, 9.17) is 10.5 Å². The van der Waals surface area contributed by atoms with Gasteiger partial charge in [0, 0.05) is 6.42 Å². The molecule has 4 amide bonds.